The lowest BCUT2D eigenvalue weighted by atomic mass is 10.1. The molecule has 26 heavy (non-hydrogen) atoms. The van der Waals surface area contributed by atoms with Crippen molar-refractivity contribution in [2.75, 3.05) is 24.2 Å². The van der Waals surface area contributed by atoms with E-state index in [1.807, 2.05) is 29.2 Å². The number of fused-ring (bicyclic) bond motifs is 1. The van der Waals surface area contributed by atoms with E-state index in [9.17, 15) is 8.42 Å². The summed E-state index contributed by atoms with van der Waals surface area (Å²) in [6.45, 7) is 1.13. The van der Waals surface area contributed by atoms with Crippen LogP contribution in [0.1, 0.15) is 6.42 Å². The Kier molecular flexibility index (Phi) is 4.34. The Hall–Kier alpha value is -2.51. The van der Waals surface area contributed by atoms with Gasteiger partial charge >= 0.3 is 0 Å². The zero-order valence-corrected chi connectivity index (χ0v) is 15.2. The Labute approximate surface area is 152 Å². The van der Waals surface area contributed by atoms with Crippen molar-refractivity contribution in [1.82, 2.24) is 9.97 Å². The van der Waals surface area contributed by atoms with Crippen molar-refractivity contribution in [1.29, 1.82) is 0 Å². The van der Waals surface area contributed by atoms with E-state index in [0.717, 1.165) is 22.9 Å². The van der Waals surface area contributed by atoms with E-state index in [4.69, 9.17) is 4.18 Å². The van der Waals surface area contributed by atoms with Crippen molar-refractivity contribution >= 4 is 26.8 Å². The third-order valence-electron chi connectivity index (χ3n) is 4.43. The molecule has 3 aromatic rings. The highest BCUT2D eigenvalue weighted by atomic mass is 32.2. The largest absolute Gasteiger partial charge is 0.338 e. The van der Waals surface area contributed by atoms with Crippen molar-refractivity contribution in [2.24, 2.45) is 0 Å². The SMILES string of the molecule is CS(=O)(=O)O[C@H]1CCN(c2nccc(-c3ccc4ccccc4c3)n2)C1. The zero-order chi connectivity index (χ0) is 18.1. The molecule has 1 atom stereocenters. The summed E-state index contributed by atoms with van der Waals surface area (Å²) in [5.41, 5.74) is 1.86. The topological polar surface area (TPSA) is 72.4 Å². The van der Waals surface area contributed by atoms with Crippen molar-refractivity contribution in [3.05, 3.63) is 54.7 Å². The number of hydrogen-bond donors (Lipinski definition) is 0. The van der Waals surface area contributed by atoms with Crippen LogP contribution in [0.3, 0.4) is 0 Å². The summed E-state index contributed by atoms with van der Waals surface area (Å²) >= 11 is 0. The van der Waals surface area contributed by atoms with E-state index in [-0.39, 0.29) is 6.10 Å². The van der Waals surface area contributed by atoms with Gasteiger partial charge in [-0.3, -0.25) is 4.18 Å². The Morgan fingerprint density at radius 1 is 1.12 bits per heavy atom. The molecular weight excluding hydrogens is 350 g/mol. The van der Waals surface area contributed by atoms with E-state index in [2.05, 4.69) is 34.2 Å². The van der Waals surface area contributed by atoms with E-state index >= 15 is 0 Å². The van der Waals surface area contributed by atoms with Gasteiger partial charge in [0.15, 0.2) is 0 Å². The minimum atomic E-state index is -3.45. The lowest BCUT2D eigenvalue weighted by Crippen LogP contribution is -2.26. The quantitative estimate of drug-likeness (QED) is 0.659. The van der Waals surface area contributed by atoms with Crippen molar-refractivity contribution < 1.29 is 12.6 Å². The van der Waals surface area contributed by atoms with Gasteiger partial charge in [-0.1, -0.05) is 36.4 Å². The first kappa shape index (κ1) is 16.9. The lowest BCUT2D eigenvalue weighted by Gasteiger charge is -2.16. The first-order valence-electron chi connectivity index (χ1n) is 8.43. The number of benzene rings is 2. The Morgan fingerprint density at radius 3 is 2.73 bits per heavy atom. The minimum Gasteiger partial charge on any atom is -0.338 e. The second-order valence-electron chi connectivity index (χ2n) is 6.46. The first-order valence-corrected chi connectivity index (χ1v) is 10.2. The highest BCUT2D eigenvalue weighted by Gasteiger charge is 2.27. The molecule has 1 aliphatic rings. The first-order chi connectivity index (χ1) is 12.5. The molecular formula is C19H19N3O3S. The van der Waals surface area contributed by atoms with Gasteiger partial charge in [-0.2, -0.15) is 8.42 Å². The summed E-state index contributed by atoms with van der Waals surface area (Å²) in [5.74, 6) is 0.593. The number of hydrogen-bond acceptors (Lipinski definition) is 6. The highest BCUT2D eigenvalue weighted by Crippen LogP contribution is 2.25. The maximum Gasteiger partial charge on any atom is 0.264 e. The maximum absolute atomic E-state index is 11.3. The van der Waals surface area contributed by atoms with Gasteiger partial charge < -0.3 is 4.90 Å². The molecule has 134 valence electrons. The van der Waals surface area contributed by atoms with Gasteiger partial charge in [0, 0.05) is 24.8 Å². The molecule has 1 aliphatic heterocycles. The number of nitrogens with zero attached hydrogens (tertiary/aromatic N) is 3. The number of anilines is 1. The van der Waals surface area contributed by atoms with Crippen LogP contribution in [0.2, 0.25) is 0 Å². The Balaban J connectivity index is 1.58. The highest BCUT2D eigenvalue weighted by molar-refractivity contribution is 7.86. The molecule has 0 bridgehead atoms. The van der Waals surface area contributed by atoms with Gasteiger partial charge in [0.05, 0.1) is 18.1 Å². The van der Waals surface area contributed by atoms with E-state index in [1.165, 1.54) is 5.39 Å². The molecule has 1 saturated heterocycles. The molecule has 0 radical (unpaired) electrons. The summed E-state index contributed by atoms with van der Waals surface area (Å²) in [6, 6.07) is 16.3. The fraction of sp³-hybridized carbons (Fsp3) is 0.263. The molecule has 4 rings (SSSR count). The average molecular weight is 369 g/mol. The van der Waals surface area contributed by atoms with Gasteiger partial charge in [0.1, 0.15) is 0 Å². The summed E-state index contributed by atoms with van der Waals surface area (Å²) in [4.78, 5) is 11.0. The molecule has 2 aromatic carbocycles. The fourth-order valence-electron chi connectivity index (χ4n) is 3.25. The number of aromatic nitrogens is 2. The summed E-state index contributed by atoms with van der Waals surface area (Å²) < 4.78 is 27.7. The van der Waals surface area contributed by atoms with Gasteiger partial charge in [-0.15, -0.1) is 0 Å². The summed E-state index contributed by atoms with van der Waals surface area (Å²) in [5, 5.41) is 2.35. The molecule has 0 unspecified atom stereocenters. The van der Waals surface area contributed by atoms with Gasteiger partial charge in [-0.05, 0) is 29.3 Å². The van der Waals surface area contributed by atoms with Crippen LogP contribution in [0.15, 0.2) is 54.7 Å². The molecule has 2 heterocycles. The Morgan fingerprint density at radius 2 is 1.92 bits per heavy atom. The summed E-state index contributed by atoms with van der Waals surface area (Å²) in [6.07, 6.45) is 3.10. The van der Waals surface area contributed by atoms with E-state index in [1.54, 1.807) is 6.20 Å². The van der Waals surface area contributed by atoms with Crippen LogP contribution in [-0.2, 0) is 14.3 Å². The summed E-state index contributed by atoms with van der Waals surface area (Å²) in [7, 11) is -3.45. The second kappa shape index (κ2) is 6.66. The third kappa shape index (κ3) is 3.68. The van der Waals surface area contributed by atoms with Gasteiger partial charge in [0.2, 0.25) is 5.95 Å². The molecule has 6 nitrogen and oxygen atoms in total. The second-order valence-corrected chi connectivity index (χ2v) is 8.06. The van der Waals surface area contributed by atoms with Crippen LogP contribution < -0.4 is 4.90 Å². The lowest BCUT2D eigenvalue weighted by molar-refractivity contribution is 0.234. The molecule has 1 fully saturated rings. The Bertz CT molecular complexity index is 1050. The molecule has 0 aliphatic carbocycles. The van der Waals surface area contributed by atoms with Crippen LogP contribution in [-0.4, -0.2) is 43.8 Å². The van der Waals surface area contributed by atoms with Crippen molar-refractivity contribution in [3.8, 4) is 11.3 Å². The normalized spacial score (nSPS) is 17.7. The molecule has 0 spiro atoms. The zero-order valence-electron chi connectivity index (χ0n) is 14.4. The molecule has 0 saturated carbocycles. The molecule has 1 aromatic heterocycles. The van der Waals surface area contributed by atoms with Crippen LogP contribution in [0.25, 0.3) is 22.0 Å². The standard InChI is InChI=1S/C19H19N3O3S/c1-26(23,24)25-17-9-11-22(13-17)19-20-10-8-18(21-19)16-7-6-14-4-2-3-5-15(14)12-16/h2-8,10,12,17H,9,11,13H2,1H3/t17-/m0/s1. The van der Waals surface area contributed by atoms with Crippen LogP contribution in [0.5, 0.6) is 0 Å². The van der Waals surface area contributed by atoms with E-state index in [0.29, 0.717) is 25.5 Å². The third-order valence-corrected chi connectivity index (χ3v) is 5.05. The molecule has 0 amide bonds. The fourth-order valence-corrected chi connectivity index (χ4v) is 3.90. The monoisotopic (exact) mass is 369 g/mol. The predicted molar refractivity (Wildman–Crippen MR) is 102 cm³/mol. The molecule has 0 N–H and O–H groups in total. The van der Waals surface area contributed by atoms with Crippen LogP contribution in [0.4, 0.5) is 5.95 Å². The smallest absolute Gasteiger partial charge is 0.264 e. The van der Waals surface area contributed by atoms with E-state index < -0.39 is 10.1 Å². The van der Waals surface area contributed by atoms with Crippen molar-refractivity contribution in [2.45, 2.75) is 12.5 Å². The minimum absolute atomic E-state index is 0.349. The number of rotatable bonds is 4. The van der Waals surface area contributed by atoms with Gasteiger partial charge in [0.25, 0.3) is 10.1 Å². The van der Waals surface area contributed by atoms with Gasteiger partial charge in [-0.25, -0.2) is 9.97 Å². The van der Waals surface area contributed by atoms with Crippen molar-refractivity contribution in [3.63, 3.8) is 0 Å². The van der Waals surface area contributed by atoms with Crippen LogP contribution in [0, 0.1) is 0 Å². The predicted octanol–water partition coefficient (Wildman–Crippen LogP) is 2.85. The average Bonchev–Trinajstić information content (AvgIpc) is 3.08. The van der Waals surface area contributed by atoms with Crippen LogP contribution >= 0.6 is 0 Å². The molecule has 7 heteroatoms. The maximum atomic E-state index is 11.3.